The first-order chi connectivity index (χ1) is 13.8. The summed E-state index contributed by atoms with van der Waals surface area (Å²) in [6, 6.07) is 5.72. The molecule has 0 bridgehead atoms. The normalized spacial score (nSPS) is 23.3. The van der Waals surface area contributed by atoms with Crippen LogP contribution in [0.1, 0.15) is 22.4 Å². The molecule has 10 heteroatoms. The van der Waals surface area contributed by atoms with Crippen LogP contribution in [-0.4, -0.2) is 60.3 Å². The SMILES string of the molecule is Cc1cc(C#CCN2CCS(=O)(=O)CC2)ccc1C1(N)N=C(N)c2[nH]cnc2N1. The fraction of sp³-hybridized carbons (Fsp3) is 0.368. The molecular weight excluding hydrogens is 390 g/mol. The van der Waals surface area contributed by atoms with E-state index in [1.807, 2.05) is 25.1 Å². The summed E-state index contributed by atoms with van der Waals surface area (Å²) < 4.78 is 23.0. The maximum Gasteiger partial charge on any atom is 0.212 e. The van der Waals surface area contributed by atoms with Crippen LogP contribution in [0, 0.1) is 18.8 Å². The number of imidazole rings is 1. The number of sulfone groups is 1. The molecule has 1 atom stereocenters. The molecule has 1 saturated heterocycles. The highest BCUT2D eigenvalue weighted by Crippen LogP contribution is 2.30. The van der Waals surface area contributed by atoms with Crippen molar-refractivity contribution < 1.29 is 8.42 Å². The fourth-order valence-corrected chi connectivity index (χ4v) is 4.77. The highest BCUT2D eigenvalue weighted by Gasteiger charge is 2.34. The molecule has 2 aromatic rings. The standard InChI is InChI=1S/C19H23N7O2S/c1-13-11-14(3-2-6-26-7-9-29(27,28)10-8-26)4-5-15(13)19(21)24-17(20)16-18(25-19)23-12-22-16/h4-5,11-12,25H,6-10,21H2,1H3,(H2,20,24)(H,22,23). The molecule has 29 heavy (non-hydrogen) atoms. The third-order valence-electron chi connectivity index (χ3n) is 5.11. The molecule has 9 nitrogen and oxygen atoms in total. The third kappa shape index (κ3) is 3.98. The Morgan fingerprint density at radius 3 is 2.79 bits per heavy atom. The van der Waals surface area contributed by atoms with Gasteiger partial charge in [-0.25, -0.2) is 18.4 Å². The maximum atomic E-state index is 11.5. The van der Waals surface area contributed by atoms with Crippen LogP contribution < -0.4 is 16.8 Å². The van der Waals surface area contributed by atoms with Gasteiger partial charge in [-0.2, -0.15) is 0 Å². The largest absolute Gasteiger partial charge is 0.382 e. The minimum Gasteiger partial charge on any atom is -0.382 e. The molecule has 1 aromatic heterocycles. The number of aliphatic imine (C=N–C) groups is 1. The first-order valence-corrected chi connectivity index (χ1v) is 11.1. The van der Waals surface area contributed by atoms with Gasteiger partial charge in [-0.15, -0.1) is 0 Å². The molecule has 0 aliphatic carbocycles. The molecule has 0 spiro atoms. The van der Waals surface area contributed by atoms with Gasteiger partial charge in [0.1, 0.15) is 5.69 Å². The van der Waals surface area contributed by atoms with Crippen LogP contribution in [0.3, 0.4) is 0 Å². The first kappa shape index (κ1) is 19.4. The molecular formula is C19H23N7O2S. The summed E-state index contributed by atoms with van der Waals surface area (Å²) in [7, 11) is -2.87. The lowest BCUT2D eigenvalue weighted by Crippen LogP contribution is -2.48. The van der Waals surface area contributed by atoms with E-state index in [0.29, 0.717) is 37.0 Å². The molecule has 152 valence electrons. The lowest BCUT2D eigenvalue weighted by molar-refractivity contribution is 0.332. The summed E-state index contributed by atoms with van der Waals surface area (Å²) in [5, 5.41) is 3.13. The molecule has 2 aliphatic heterocycles. The van der Waals surface area contributed by atoms with Gasteiger partial charge in [-0.1, -0.05) is 17.9 Å². The number of hydrogen-bond donors (Lipinski definition) is 4. The van der Waals surface area contributed by atoms with E-state index in [1.54, 1.807) is 0 Å². The maximum absolute atomic E-state index is 11.5. The number of nitrogens with zero attached hydrogens (tertiary/aromatic N) is 3. The molecule has 2 aliphatic rings. The predicted molar refractivity (Wildman–Crippen MR) is 112 cm³/mol. The van der Waals surface area contributed by atoms with Gasteiger partial charge in [0.05, 0.1) is 24.4 Å². The minimum absolute atomic E-state index is 0.204. The van der Waals surface area contributed by atoms with Gasteiger partial charge in [-0.05, 0) is 24.6 Å². The van der Waals surface area contributed by atoms with Crippen molar-refractivity contribution in [2.24, 2.45) is 16.5 Å². The highest BCUT2D eigenvalue weighted by atomic mass is 32.2. The Balaban J connectivity index is 1.49. The van der Waals surface area contributed by atoms with Gasteiger partial charge in [-0.3, -0.25) is 10.6 Å². The Hall–Kier alpha value is -2.87. The molecule has 4 rings (SSSR count). The van der Waals surface area contributed by atoms with Crippen LogP contribution in [-0.2, 0) is 15.6 Å². The van der Waals surface area contributed by atoms with Crippen molar-refractivity contribution in [1.82, 2.24) is 14.9 Å². The van der Waals surface area contributed by atoms with E-state index >= 15 is 0 Å². The second kappa shape index (κ2) is 7.18. The van der Waals surface area contributed by atoms with Crippen molar-refractivity contribution in [3.05, 3.63) is 46.9 Å². The number of aromatic amines is 1. The molecule has 0 amide bonds. The van der Waals surface area contributed by atoms with Crippen LogP contribution in [0.5, 0.6) is 0 Å². The number of hydrogen-bond acceptors (Lipinski definition) is 8. The van der Waals surface area contributed by atoms with Gasteiger partial charge in [0.15, 0.2) is 21.5 Å². The van der Waals surface area contributed by atoms with Gasteiger partial charge in [0.2, 0.25) is 5.79 Å². The molecule has 0 radical (unpaired) electrons. The summed E-state index contributed by atoms with van der Waals surface area (Å²) in [6.07, 6.45) is 1.54. The predicted octanol–water partition coefficient (Wildman–Crippen LogP) is -0.300. The van der Waals surface area contributed by atoms with Gasteiger partial charge in [0, 0.05) is 24.2 Å². The van der Waals surface area contributed by atoms with Gasteiger partial charge < -0.3 is 16.0 Å². The molecule has 1 unspecified atom stereocenters. The van der Waals surface area contributed by atoms with Crippen LogP contribution in [0.25, 0.3) is 0 Å². The molecule has 3 heterocycles. The third-order valence-corrected chi connectivity index (χ3v) is 6.72. The topological polar surface area (TPSA) is 142 Å². The zero-order valence-corrected chi connectivity index (χ0v) is 16.9. The molecule has 0 saturated carbocycles. The number of amidine groups is 1. The number of aryl methyl sites for hydroxylation is 1. The van der Waals surface area contributed by atoms with Crippen LogP contribution in [0.4, 0.5) is 5.82 Å². The first-order valence-electron chi connectivity index (χ1n) is 9.25. The van der Waals surface area contributed by atoms with Crippen molar-refractivity contribution in [3.63, 3.8) is 0 Å². The average Bonchev–Trinajstić information content (AvgIpc) is 3.11. The van der Waals surface area contributed by atoms with Crippen LogP contribution in [0.2, 0.25) is 0 Å². The smallest absolute Gasteiger partial charge is 0.212 e. The number of nitrogens with one attached hydrogen (secondary N) is 2. The zero-order chi connectivity index (χ0) is 20.6. The van der Waals surface area contributed by atoms with Crippen LogP contribution >= 0.6 is 0 Å². The van der Waals surface area contributed by atoms with Crippen molar-refractivity contribution in [1.29, 1.82) is 0 Å². The van der Waals surface area contributed by atoms with Crippen molar-refractivity contribution >= 4 is 21.5 Å². The number of aromatic nitrogens is 2. The highest BCUT2D eigenvalue weighted by molar-refractivity contribution is 7.91. The number of fused-ring (bicyclic) bond motifs is 1. The fourth-order valence-electron chi connectivity index (χ4n) is 3.50. The van der Waals surface area contributed by atoms with E-state index in [2.05, 4.69) is 37.0 Å². The summed E-state index contributed by atoms with van der Waals surface area (Å²) >= 11 is 0. The van der Waals surface area contributed by atoms with Crippen molar-refractivity contribution in [3.8, 4) is 11.8 Å². The number of nitrogens with two attached hydrogens (primary N) is 2. The molecule has 1 aromatic carbocycles. The van der Waals surface area contributed by atoms with E-state index < -0.39 is 15.6 Å². The van der Waals surface area contributed by atoms with E-state index in [0.717, 1.165) is 16.7 Å². The summed E-state index contributed by atoms with van der Waals surface area (Å²) in [4.78, 5) is 13.6. The van der Waals surface area contributed by atoms with Crippen LogP contribution in [0.15, 0.2) is 29.5 Å². The monoisotopic (exact) mass is 413 g/mol. The Labute approximate surface area is 169 Å². The lowest BCUT2D eigenvalue weighted by Gasteiger charge is -2.32. The van der Waals surface area contributed by atoms with E-state index in [1.165, 1.54) is 6.33 Å². The number of H-pyrrole nitrogens is 1. The van der Waals surface area contributed by atoms with Gasteiger partial charge in [0.25, 0.3) is 0 Å². The number of benzene rings is 1. The van der Waals surface area contributed by atoms with E-state index in [9.17, 15) is 8.42 Å². The van der Waals surface area contributed by atoms with Crippen molar-refractivity contribution in [2.45, 2.75) is 12.7 Å². The van der Waals surface area contributed by atoms with E-state index in [4.69, 9.17) is 11.5 Å². The van der Waals surface area contributed by atoms with Crippen molar-refractivity contribution in [2.75, 3.05) is 36.5 Å². The zero-order valence-electron chi connectivity index (χ0n) is 16.1. The Morgan fingerprint density at radius 1 is 1.31 bits per heavy atom. The number of rotatable bonds is 2. The lowest BCUT2D eigenvalue weighted by atomic mass is 9.99. The quantitative estimate of drug-likeness (QED) is 0.495. The number of anilines is 1. The summed E-state index contributed by atoms with van der Waals surface area (Å²) in [5.41, 5.74) is 15.7. The summed E-state index contributed by atoms with van der Waals surface area (Å²) in [6.45, 7) is 3.55. The molecule has 6 N–H and O–H groups in total. The van der Waals surface area contributed by atoms with Gasteiger partial charge >= 0.3 is 0 Å². The molecule has 1 fully saturated rings. The second-order valence-corrected chi connectivity index (χ2v) is 9.58. The average molecular weight is 414 g/mol. The van der Waals surface area contributed by atoms with E-state index in [-0.39, 0.29) is 11.5 Å². The minimum atomic E-state index is -2.87. The Kier molecular flexibility index (Phi) is 4.82. The summed E-state index contributed by atoms with van der Waals surface area (Å²) in [5.74, 6) is 6.32. The Morgan fingerprint density at radius 2 is 2.07 bits per heavy atom. The second-order valence-electron chi connectivity index (χ2n) is 7.27. The Bertz CT molecular complexity index is 1130.